The summed E-state index contributed by atoms with van der Waals surface area (Å²) in [6.07, 6.45) is 1.67. The van der Waals surface area contributed by atoms with Crippen molar-refractivity contribution in [3.63, 3.8) is 0 Å². The standard InChI is InChI=1S/C12H13ClN2O2/c1-3-16-10-5-8-7-14-12(13)15-9(8)6-11(10)17-4-2/h5-7H,3-4H2,1-2H3. The predicted octanol–water partition coefficient (Wildman–Crippen LogP) is 3.08. The molecular formula is C12H13ClN2O2. The molecule has 0 aliphatic heterocycles. The molecule has 0 saturated carbocycles. The van der Waals surface area contributed by atoms with E-state index in [1.54, 1.807) is 6.20 Å². The molecule has 0 spiro atoms. The predicted molar refractivity (Wildman–Crippen MR) is 66.9 cm³/mol. The molecule has 5 heteroatoms. The number of ether oxygens (including phenoxy) is 2. The molecule has 0 fully saturated rings. The van der Waals surface area contributed by atoms with Gasteiger partial charge in [0, 0.05) is 17.6 Å². The first-order valence-corrected chi connectivity index (χ1v) is 5.84. The van der Waals surface area contributed by atoms with E-state index in [9.17, 15) is 0 Å². The Morgan fingerprint density at radius 3 is 2.41 bits per heavy atom. The number of nitrogens with zero attached hydrogens (tertiary/aromatic N) is 2. The molecule has 0 unspecified atom stereocenters. The Hall–Kier alpha value is -1.55. The fraction of sp³-hybridized carbons (Fsp3) is 0.333. The third kappa shape index (κ3) is 2.58. The van der Waals surface area contributed by atoms with Gasteiger partial charge in [-0.05, 0) is 31.5 Å². The number of fused-ring (bicyclic) bond motifs is 1. The molecule has 17 heavy (non-hydrogen) atoms. The fourth-order valence-electron chi connectivity index (χ4n) is 1.55. The molecule has 2 rings (SSSR count). The Labute approximate surface area is 105 Å². The number of hydrogen-bond donors (Lipinski definition) is 0. The van der Waals surface area contributed by atoms with E-state index in [-0.39, 0.29) is 5.28 Å². The second-order valence-corrected chi connectivity index (χ2v) is 3.70. The highest BCUT2D eigenvalue weighted by molar-refractivity contribution is 6.28. The van der Waals surface area contributed by atoms with Crippen molar-refractivity contribution < 1.29 is 9.47 Å². The van der Waals surface area contributed by atoms with Crippen molar-refractivity contribution in [2.24, 2.45) is 0 Å². The van der Waals surface area contributed by atoms with Gasteiger partial charge in [-0.2, -0.15) is 0 Å². The van der Waals surface area contributed by atoms with Gasteiger partial charge in [-0.25, -0.2) is 9.97 Å². The van der Waals surface area contributed by atoms with Crippen LogP contribution in [0.5, 0.6) is 11.5 Å². The van der Waals surface area contributed by atoms with Crippen LogP contribution in [-0.4, -0.2) is 23.2 Å². The van der Waals surface area contributed by atoms with E-state index in [0.717, 1.165) is 10.9 Å². The Bertz CT molecular complexity index is 531. The molecule has 0 bridgehead atoms. The monoisotopic (exact) mass is 252 g/mol. The SMILES string of the molecule is CCOc1cc2cnc(Cl)nc2cc1OCC. The van der Waals surface area contributed by atoms with Crippen LogP contribution in [0.3, 0.4) is 0 Å². The van der Waals surface area contributed by atoms with Gasteiger partial charge in [0.05, 0.1) is 18.7 Å². The third-order valence-corrected chi connectivity index (χ3v) is 2.40. The normalized spacial score (nSPS) is 10.5. The van der Waals surface area contributed by atoms with Gasteiger partial charge in [-0.1, -0.05) is 0 Å². The third-order valence-electron chi connectivity index (χ3n) is 2.22. The molecule has 0 amide bonds. The summed E-state index contributed by atoms with van der Waals surface area (Å²) in [4.78, 5) is 8.08. The maximum absolute atomic E-state index is 5.75. The molecule has 4 nitrogen and oxygen atoms in total. The van der Waals surface area contributed by atoms with Crippen LogP contribution in [0.2, 0.25) is 5.28 Å². The second kappa shape index (κ2) is 5.19. The van der Waals surface area contributed by atoms with Crippen LogP contribution in [0.15, 0.2) is 18.3 Å². The Kier molecular flexibility index (Phi) is 3.64. The van der Waals surface area contributed by atoms with Gasteiger partial charge >= 0.3 is 0 Å². The summed E-state index contributed by atoms with van der Waals surface area (Å²) in [6.45, 7) is 5.01. The zero-order valence-electron chi connectivity index (χ0n) is 9.74. The average molecular weight is 253 g/mol. The van der Waals surface area contributed by atoms with E-state index in [1.807, 2.05) is 26.0 Å². The minimum absolute atomic E-state index is 0.226. The van der Waals surface area contributed by atoms with Gasteiger partial charge in [-0.3, -0.25) is 0 Å². The molecule has 1 heterocycles. The average Bonchev–Trinajstić information content (AvgIpc) is 2.31. The summed E-state index contributed by atoms with van der Waals surface area (Å²) in [5, 5.41) is 1.10. The van der Waals surface area contributed by atoms with Crippen LogP contribution in [-0.2, 0) is 0 Å². The van der Waals surface area contributed by atoms with Gasteiger partial charge in [0.15, 0.2) is 11.5 Å². The summed E-state index contributed by atoms with van der Waals surface area (Å²) in [5.41, 5.74) is 0.747. The first-order chi connectivity index (χ1) is 8.24. The molecule has 0 N–H and O–H groups in total. The number of aromatic nitrogens is 2. The first-order valence-electron chi connectivity index (χ1n) is 5.46. The van der Waals surface area contributed by atoms with Crippen molar-refractivity contribution in [3.05, 3.63) is 23.6 Å². The van der Waals surface area contributed by atoms with E-state index in [4.69, 9.17) is 21.1 Å². The van der Waals surface area contributed by atoms with Crippen molar-refractivity contribution in [1.82, 2.24) is 9.97 Å². The van der Waals surface area contributed by atoms with Crippen LogP contribution < -0.4 is 9.47 Å². The van der Waals surface area contributed by atoms with Crippen LogP contribution in [0, 0.1) is 0 Å². The molecule has 0 aliphatic rings. The smallest absolute Gasteiger partial charge is 0.222 e. The molecule has 0 atom stereocenters. The minimum atomic E-state index is 0.226. The second-order valence-electron chi connectivity index (χ2n) is 3.36. The molecule has 2 aromatic rings. The van der Waals surface area contributed by atoms with Crippen LogP contribution >= 0.6 is 11.6 Å². The van der Waals surface area contributed by atoms with E-state index in [2.05, 4.69) is 9.97 Å². The molecule has 90 valence electrons. The molecular weight excluding hydrogens is 240 g/mol. The van der Waals surface area contributed by atoms with Gasteiger partial charge < -0.3 is 9.47 Å². The highest BCUT2D eigenvalue weighted by Crippen LogP contribution is 2.32. The lowest BCUT2D eigenvalue weighted by molar-refractivity contribution is 0.288. The first kappa shape index (κ1) is 11.9. The van der Waals surface area contributed by atoms with Crippen molar-refractivity contribution in [3.8, 4) is 11.5 Å². The molecule has 0 radical (unpaired) electrons. The number of halogens is 1. The zero-order chi connectivity index (χ0) is 12.3. The quantitative estimate of drug-likeness (QED) is 0.785. The summed E-state index contributed by atoms with van der Waals surface area (Å²) < 4.78 is 11.0. The lowest BCUT2D eigenvalue weighted by Crippen LogP contribution is -1.99. The number of rotatable bonds is 4. The summed E-state index contributed by atoms with van der Waals surface area (Å²) in [6, 6.07) is 3.68. The highest BCUT2D eigenvalue weighted by Gasteiger charge is 2.08. The highest BCUT2D eigenvalue weighted by atomic mass is 35.5. The topological polar surface area (TPSA) is 44.2 Å². The molecule has 0 aliphatic carbocycles. The summed E-state index contributed by atoms with van der Waals surface area (Å²) in [7, 11) is 0. The Balaban J connectivity index is 2.55. The lowest BCUT2D eigenvalue weighted by atomic mass is 10.2. The van der Waals surface area contributed by atoms with Crippen molar-refractivity contribution in [1.29, 1.82) is 0 Å². The fourth-order valence-corrected chi connectivity index (χ4v) is 1.69. The van der Waals surface area contributed by atoms with Gasteiger partial charge in [0.1, 0.15) is 0 Å². The maximum atomic E-state index is 5.75. The van der Waals surface area contributed by atoms with Crippen LogP contribution in [0.25, 0.3) is 10.9 Å². The van der Waals surface area contributed by atoms with Gasteiger partial charge in [0.25, 0.3) is 0 Å². The van der Waals surface area contributed by atoms with Crippen LogP contribution in [0.4, 0.5) is 0 Å². The van der Waals surface area contributed by atoms with Gasteiger partial charge in [-0.15, -0.1) is 0 Å². The zero-order valence-corrected chi connectivity index (χ0v) is 10.5. The molecule has 1 aromatic heterocycles. The minimum Gasteiger partial charge on any atom is -0.490 e. The largest absolute Gasteiger partial charge is 0.490 e. The van der Waals surface area contributed by atoms with Gasteiger partial charge in [0.2, 0.25) is 5.28 Å². The van der Waals surface area contributed by atoms with Crippen molar-refractivity contribution in [2.45, 2.75) is 13.8 Å². The van der Waals surface area contributed by atoms with Crippen LogP contribution in [0.1, 0.15) is 13.8 Å². The van der Waals surface area contributed by atoms with E-state index in [0.29, 0.717) is 24.7 Å². The number of benzene rings is 1. The van der Waals surface area contributed by atoms with E-state index >= 15 is 0 Å². The maximum Gasteiger partial charge on any atom is 0.222 e. The number of hydrogen-bond acceptors (Lipinski definition) is 4. The Morgan fingerprint density at radius 1 is 1.12 bits per heavy atom. The lowest BCUT2D eigenvalue weighted by Gasteiger charge is -2.11. The van der Waals surface area contributed by atoms with E-state index in [1.165, 1.54) is 0 Å². The Morgan fingerprint density at radius 2 is 1.76 bits per heavy atom. The summed E-state index contributed by atoms with van der Waals surface area (Å²) in [5.74, 6) is 1.38. The molecule has 1 aromatic carbocycles. The molecule has 0 saturated heterocycles. The van der Waals surface area contributed by atoms with Crippen molar-refractivity contribution >= 4 is 22.5 Å². The van der Waals surface area contributed by atoms with E-state index < -0.39 is 0 Å². The van der Waals surface area contributed by atoms with Crippen molar-refractivity contribution in [2.75, 3.05) is 13.2 Å². The summed E-state index contributed by atoms with van der Waals surface area (Å²) >= 11 is 5.75.